The topological polar surface area (TPSA) is 73.9 Å². The van der Waals surface area contributed by atoms with Crippen molar-refractivity contribution in [3.8, 4) is 11.5 Å². The molecule has 3 rings (SSSR count). The SMILES string of the molecule is CC[C@@H](C)Oc1ccc(NC(=O)C2(c3ccc(OC)cc3)CCCCC2)cc1C(=O)OC. The lowest BCUT2D eigenvalue weighted by Gasteiger charge is -2.36. The predicted octanol–water partition coefficient (Wildman–Crippen LogP) is 5.50. The molecule has 2 aromatic carbocycles. The second-order valence-electron chi connectivity index (χ2n) is 8.36. The van der Waals surface area contributed by atoms with Gasteiger partial charge in [0.2, 0.25) is 5.91 Å². The molecule has 0 aromatic heterocycles. The zero-order chi connectivity index (χ0) is 23.1. The Balaban J connectivity index is 1.91. The first-order valence-corrected chi connectivity index (χ1v) is 11.3. The molecule has 6 nitrogen and oxygen atoms in total. The summed E-state index contributed by atoms with van der Waals surface area (Å²) in [5.41, 5.74) is 1.22. The van der Waals surface area contributed by atoms with Crippen molar-refractivity contribution in [2.75, 3.05) is 19.5 Å². The Morgan fingerprint density at radius 2 is 1.72 bits per heavy atom. The first kappa shape index (κ1) is 23.6. The number of amides is 1. The number of methoxy groups -OCH3 is 2. The van der Waals surface area contributed by atoms with Crippen LogP contribution in [0.1, 0.15) is 68.3 Å². The number of carbonyl (C=O) groups excluding carboxylic acids is 2. The lowest BCUT2D eigenvalue weighted by atomic mass is 9.68. The third kappa shape index (κ3) is 5.06. The maximum Gasteiger partial charge on any atom is 0.341 e. The van der Waals surface area contributed by atoms with E-state index < -0.39 is 11.4 Å². The van der Waals surface area contributed by atoms with Gasteiger partial charge in [-0.25, -0.2) is 4.79 Å². The fraction of sp³-hybridized carbons (Fsp3) is 0.462. The van der Waals surface area contributed by atoms with Crippen molar-refractivity contribution in [2.45, 2.75) is 63.9 Å². The van der Waals surface area contributed by atoms with Crippen molar-refractivity contribution in [2.24, 2.45) is 0 Å². The average Bonchev–Trinajstić information content (AvgIpc) is 2.84. The largest absolute Gasteiger partial charge is 0.497 e. The van der Waals surface area contributed by atoms with Crippen molar-refractivity contribution in [1.82, 2.24) is 0 Å². The highest BCUT2D eigenvalue weighted by Crippen LogP contribution is 2.41. The van der Waals surface area contributed by atoms with Crippen molar-refractivity contribution in [3.05, 3.63) is 53.6 Å². The molecule has 2 aromatic rings. The van der Waals surface area contributed by atoms with Gasteiger partial charge in [-0.3, -0.25) is 4.79 Å². The van der Waals surface area contributed by atoms with E-state index in [1.54, 1.807) is 25.3 Å². The summed E-state index contributed by atoms with van der Waals surface area (Å²) < 4.78 is 16.1. The number of nitrogens with one attached hydrogen (secondary N) is 1. The van der Waals surface area contributed by atoms with E-state index in [2.05, 4.69) is 5.32 Å². The van der Waals surface area contributed by atoms with Crippen molar-refractivity contribution >= 4 is 17.6 Å². The molecule has 0 unspecified atom stereocenters. The molecule has 6 heteroatoms. The molecule has 1 saturated carbocycles. The van der Waals surface area contributed by atoms with Gasteiger partial charge >= 0.3 is 5.97 Å². The van der Waals surface area contributed by atoms with Gasteiger partial charge in [0.1, 0.15) is 17.1 Å². The zero-order valence-electron chi connectivity index (χ0n) is 19.4. The van der Waals surface area contributed by atoms with Gasteiger partial charge in [0.05, 0.1) is 25.7 Å². The Bertz CT molecular complexity index is 932. The number of carbonyl (C=O) groups is 2. The minimum atomic E-state index is -0.609. The third-order valence-corrected chi connectivity index (χ3v) is 6.33. The number of hydrogen-bond donors (Lipinski definition) is 1. The monoisotopic (exact) mass is 439 g/mol. The maximum atomic E-state index is 13.6. The van der Waals surface area contributed by atoms with E-state index in [0.29, 0.717) is 17.0 Å². The number of benzene rings is 2. The van der Waals surface area contributed by atoms with Gasteiger partial charge in [0.25, 0.3) is 0 Å². The van der Waals surface area contributed by atoms with Crippen LogP contribution in [0.2, 0.25) is 0 Å². The molecule has 0 bridgehead atoms. The van der Waals surface area contributed by atoms with Gasteiger partial charge in [-0.05, 0) is 62.1 Å². The highest BCUT2D eigenvalue weighted by molar-refractivity contribution is 6.01. The normalized spacial score (nSPS) is 16.0. The minimum absolute atomic E-state index is 0.0422. The first-order valence-electron chi connectivity index (χ1n) is 11.3. The van der Waals surface area contributed by atoms with E-state index in [1.165, 1.54) is 7.11 Å². The summed E-state index contributed by atoms with van der Waals surface area (Å²) >= 11 is 0. The van der Waals surface area contributed by atoms with E-state index in [1.807, 2.05) is 38.1 Å². The first-order chi connectivity index (χ1) is 15.4. The average molecular weight is 440 g/mol. The Morgan fingerprint density at radius 1 is 1.03 bits per heavy atom. The lowest BCUT2D eigenvalue weighted by molar-refractivity contribution is -0.122. The molecule has 1 atom stereocenters. The Labute approximate surface area is 190 Å². The number of hydrogen-bond acceptors (Lipinski definition) is 5. The standard InChI is InChI=1S/C26H33NO5/c1-5-18(2)32-23-14-11-20(17-22(23)24(28)31-4)27-25(29)26(15-7-6-8-16-26)19-9-12-21(30-3)13-10-19/h9-14,17-18H,5-8,15-16H2,1-4H3,(H,27,29)/t18-/m1/s1. The van der Waals surface area contributed by atoms with Gasteiger partial charge in [-0.1, -0.05) is 38.3 Å². The Morgan fingerprint density at radius 3 is 2.31 bits per heavy atom. The van der Waals surface area contributed by atoms with E-state index in [0.717, 1.165) is 49.8 Å². The van der Waals surface area contributed by atoms with E-state index in [9.17, 15) is 9.59 Å². The van der Waals surface area contributed by atoms with Crippen molar-refractivity contribution < 1.29 is 23.8 Å². The second kappa shape index (κ2) is 10.5. The highest BCUT2D eigenvalue weighted by atomic mass is 16.5. The molecule has 1 amide bonds. The summed E-state index contributed by atoms with van der Waals surface area (Å²) in [6.45, 7) is 3.96. The predicted molar refractivity (Wildman–Crippen MR) is 125 cm³/mol. The van der Waals surface area contributed by atoms with Crippen LogP contribution in [0.4, 0.5) is 5.69 Å². The summed E-state index contributed by atoms with van der Waals surface area (Å²) in [7, 11) is 2.97. The fourth-order valence-electron chi connectivity index (χ4n) is 4.24. The van der Waals surface area contributed by atoms with Gasteiger partial charge in [0.15, 0.2) is 0 Å². The summed E-state index contributed by atoms with van der Waals surface area (Å²) in [6.07, 6.45) is 5.44. The second-order valence-corrected chi connectivity index (χ2v) is 8.36. The summed E-state index contributed by atoms with van der Waals surface area (Å²) in [4.78, 5) is 26.0. The van der Waals surface area contributed by atoms with Crippen LogP contribution >= 0.6 is 0 Å². The minimum Gasteiger partial charge on any atom is -0.497 e. The molecule has 32 heavy (non-hydrogen) atoms. The number of rotatable bonds is 8. The van der Waals surface area contributed by atoms with E-state index in [-0.39, 0.29) is 12.0 Å². The fourth-order valence-corrected chi connectivity index (χ4v) is 4.24. The maximum absolute atomic E-state index is 13.6. The van der Waals surface area contributed by atoms with Crippen LogP contribution in [-0.4, -0.2) is 32.2 Å². The van der Waals surface area contributed by atoms with Crippen molar-refractivity contribution in [3.63, 3.8) is 0 Å². The Hall–Kier alpha value is -3.02. The molecule has 1 N–H and O–H groups in total. The molecular weight excluding hydrogens is 406 g/mol. The van der Waals surface area contributed by atoms with Crippen molar-refractivity contribution in [1.29, 1.82) is 0 Å². The smallest absolute Gasteiger partial charge is 0.341 e. The van der Waals surface area contributed by atoms with Crippen LogP contribution in [0.25, 0.3) is 0 Å². The molecule has 0 heterocycles. The van der Waals surface area contributed by atoms with Gasteiger partial charge in [-0.2, -0.15) is 0 Å². The highest BCUT2D eigenvalue weighted by Gasteiger charge is 2.41. The molecule has 0 aliphatic heterocycles. The lowest BCUT2D eigenvalue weighted by Crippen LogP contribution is -2.42. The number of ether oxygens (including phenoxy) is 3. The van der Waals surface area contributed by atoms with Crippen LogP contribution in [0, 0.1) is 0 Å². The van der Waals surface area contributed by atoms with Crippen LogP contribution in [0.15, 0.2) is 42.5 Å². The third-order valence-electron chi connectivity index (χ3n) is 6.33. The molecule has 172 valence electrons. The van der Waals surface area contributed by atoms with E-state index >= 15 is 0 Å². The summed E-state index contributed by atoms with van der Waals surface area (Å²) in [6, 6.07) is 12.9. The Kier molecular flexibility index (Phi) is 7.78. The molecule has 0 spiro atoms. The van der Waals surface area contributed by atoms with Gasteiger partial charge < -0.3 is 19.5 Å². The zero-order valence-corrected chi connectivity index (χ0v) is 19.4. The molecule has 0 saturated heterocycles. The van der Waals surface area contributed by atoms with Gasteiger partial charge in [-0.15, -0.1) is 0 Å². The number of anilines is 1. The molecule has 0 radical (unpaired) electrons. The quantitative estimate of drug-likeness (QED) is 0.550. The van der Waals surface area contributed by atoms with Crippen LogP contribution in [0.5, 0.6) is 11.5 Å². The molecule has 1 aliphatic rings. The molecular formula is C26H33NO5. The molecule has 1 aliphatic carbocycles. The molecule has 1 fully saturated rings. The van der Waals surface area contributed by atoms with Gasteiger partial charge in [0, 0.05) is 5.69 Å². The van der Waals surface area contributed by atoms with Crippen LogP contribution < -0.4 is 14.8 Å². The number of esters is 1. The summed E-state index contributed by atoms with van der Waals surface area (Å²) in [5, 5.41) is 3.06. The van der Waals surface area contributed by atoms with Crippen LogP contribution in [-0.2, 0) is 14.9 Å². The van der Waals surface area contributed by atoms with E-state index in [4.69, 9.17) is 14.2 Å². The summed E-state index contributed by atoms with van der Waals surface area (Å²) in [5.74, 6) is 0.655. The van der Waals surface area contributed by atoms with Crippen LogP contribution in [0.3, 0.4) is 0 Å².